The van der Waals surface area contributed by atoms with Gasteiger partial charge in [0, 0.05) is 0 Å². The Bertz CT molecular complexity index is 576. The van der Waals surface area contributed by atoms with Crippen LogP contribution in [-0.4, -0.2) is 22.3 Å². The van der Waals surface area contributed by atoms with Crippen LogP contribution < -0.4 is 10.1 Å². The van der Waals surface area contributed by atoms with Crippen molar-refractivity contribution in [3.63, 3.8) is 0 Å². The molecule has 1 unspecified atom stereocenters. The zero-order chi connectivity index (χ0) is 13.8. The zero-order valence-electron chi connectivity index (χ0n) is 11.0. The van der Waals surface area contributed by atoms with E-state index in [-0.39, 0.29) is 6.04 Å². The molecule has 5 nitrogen and oxygen atoms in total. The highest BCUT2D eigenvalue weighted by Gasteiger charge is 2.09. The summed E-state index contributed by atoms with van der Waals surface area (Å²) in [6.45, 7) is 3.81. The third kappa shape index (κ3) is 3.32. The summed E-state index contributed by atoms with van der Waals surface area (Å²) in [7, 11) is 1.65. The fraction of sp³-hybridized carbons (Fsp3) is 0.308. The molecule has 0 spiro atoms. The Labute approximate surface area is 117 Å². The Kier molecular flexibility index (Phi) is 4.16. The molecule has 2 rings (SSSR count). The molecule has 0 aliphatic rings. The van der Waals surface area contributed by atoms with E-state index in [0.29, 0.717) is 16.8 Å². The lowest BCUT2D eigenvalue weighted by Crippen LogP contribution is -2.11. The van der Waals surface area contributed by atoms with Crippen molar-refractivity contribution in [3.05, 3.63) is 40.7 Å². The summed E-state index contributed by atoms with van der Waals surface area (Å²) < 4.78 is 5.20. The van der Waals surface area contributed by atoms with Crippen LogP contribution in [0.4, 0.5) is 5.95 Å². The second kappa shape index (κ2) is 5.84. The fourth-order valence-corrected chi connectivity index (χ4v) is 1.72. The lowest BCUT2D eigenvalue weighted by molar-refractivity contribution is 0.414. The SMILES string of the molecule is COc1cccc(C(C)Nc2nnc(Cl)c(C)n2)c1. The number of hydrogen-bond donors (Lipinski definition) is 1. The first-order valence-electron chi connectivity index (χ1n) is 5.87. The normalized spacial score (nSPS) is 12.0. The van der Waals surface area contributed by atoms with Crippen molar-refractivity contribution >= 4 is 17.5 Å². The van der Waals surface area contributed by atoms with Crippen molar-refractivity contribution in [2.24, 2.45) is 0 Å². The van der Waals surface area contributed by atoms with Crippen molar-refractivity contribution in [1.82, 2.24) is 15.2 Å². The van der Waals surface area contributed by atoms with Crippen LogP contribution in [0.25, 0.3) is 0 Å². The molecular formula is C13H15ClN4O. The molecule has 0 aliphatic heterocycles. The number of rotatable bonds is 4. The van der Waals surface area contributed by atoms with E-state index in [9.17, 15) is 0 Å². The van der Waals surface area contributed by atoms with Gasteiger partial charge in [0.25, 0.3) is 0 Å². The number of aryl methyl sites for hydroxylation is 1. The highest BCUT2D eigenvalue weighted by atomic mass is 35.5. The summed E-state index contributed by atoms with van der Waals surface area (Å²) in [5.41, 5.74) is 1.73. The summed E-state index contributed by atoms with van der Waals surface area (Å²) in [6, 6.07) is 7.86. The minimum absolute atomic E-state index is 0.0393. The van der Waals surface area contributed by atoms with Gasteiger partial charge in [-0.1, -0.05) is 23.7 Å². The van der Waals surface area contributed by atoms with Gasteiger partial charge in [-0.25, -0.2) is 4.98 Å². The third-order valence-corrected chi connectivity index (χ3v) is 3.09. The predicted molar refractivity (Wildman–Crippen MR) is 74.6 cm³/mol. The van der Waals surface area contributed by atoms with E-state index in [4.69, 9.17) is 16.3 Å². The molecule has 6 heteroatoms. The van der Waals surface area contributed by atoms with Crippen LogP contribution in [0.2, 0.25) is 5.15 Å². The van der Waals surface area contributed by atoms with Crippen molar-refractivity contribution in [3.8, 4) is 5.75 Å². The zero-order valence-corrected chi connectivity index (χ0v) is 11.8. The number of halogens is 1. The molecule has 0 aliphatic carbocycles. The predicted octanol–water partition coefficient (Wildman–Crippen LogP) is 3.02. The highest BCUT2D eigenvalue weighted by molar-refractivity contribution is 6.29. The summed E-state index contributed by atoms with van der Waals surface area (Å²) in [6.07, 6.45) is 0. The molecule has 1 N–H and O–H groups in total. The summed E-state index contributed by atoms with van der Waals surface area (Å²) in [5, 5.41) is 11.2. The van der Waals surface area contributed by atoms with Crippen LogP contribution >= 0.6 is 11.6 Å². The molecular weight excluding hydrogens is 264 g/mol. The van der Waals surface area contributed by atoms with Crippen LogP contribution in [0.15, 0.2) is 24.3 Å². The number of aromatic nitrogens is 3. The number of nitrogens with one attached hydrogen (secondary N) is 1. The van der Waals surface area contributed by atoms with E-state index in [2.05, 4.69) is 20.5 Å². The Balaban J connectivity index is 2.15. The molecule has 1 atom stereocenters. The first-order chi connectivity index (χ1) is 9.10. The van der Waals surface area contributed by atoms with Crippen molar-refractivity contribution < 1.29 is 4.74 Å². The minimum Gasteiger partial charge on any atom is -0.497 e. The first kappa shape index (κ1) is 13.5. The lowest BCUT2D eigenvalue weighted by atomic mass is 10.1. The molecule has 2 aromatic rings. The van der Waals surface area contributed by atoms with E-state index in [0.717, 1.165) is 11.3 Å². The van der Waals surface area contributed by atoms with E-state index in [1.54, 1.807) is 14.0 Å². The maximum absolute atomic E-state index is 5.79. The van der Waals surface area contributed by atoms with E-state index in [1.165, 1.54) is 0 Å². The summed E-state index contributed by atoms with van der Waals surface area (Å²) in [4.78, 5) is 4.23. The van der Waals surface area contributed by atoms with Crippen LogP contribution in [0, 0.1) is 6.92 Å². The number of ether oxygens (including phenoxy) is 1. The van der Waals surface area contributed by atoms with Crippen molar-refractivity contribution in [2.75, 3.05) is 12.4 Å². The molecule has 0 radical (unpaired) electrons. The second-order valence-electron chi connectivity index (χ2n) is 4.15. The van der Waals surface area contributed by atoms with Gasteiger partial charge in [-0.05, 0) is 31.5 Å². The van der Waals surface area contributed by atoms with Gasteiger partial charge in [0.2, 0.25) is 5.95 Å². The molecule has 1 aromatic heterocycles. The number of anilines is 1. The van der Waals surface area contributed by atoms with Gasteiger partial charge in [0.1, 0.15) is 5.75 Å². The second-order valence-corrected chi connectivity index (χ2v) is 4.51. The standard InChI is InChI=1S/C13H15ClN4O/c1-8(10-5-4-6-11(7-10)19-3)15-13-16-9(2)12(14)17-18-13/h4-8H,1-3H3,(H,15,16,18). The van der Waals surface area contributed by atoms with Crippen LogP contribution in [0.5, 0.6) is 5.75 Å². The molecule has 1 aromatic carbocycles. The van der Waals surface area contributed by atoms with Crippen molar-refractivity contribution in [1.29, 1.82) is 0 Å². The highest BCUT2D eigenvalue weighted by Crippen LogP contribution is 2.21. The quantitative estimate of drug-likeness (QED) is 0.931. The molecule has 0 fully saturated rings. The Morgan fingerprint density at radius 1 is 1.32 bits per heavy atom. The monoisotopic (exact) mass is 278 g/mol. The molecule has 0 saturated heterocycles. The van der Waals surface area contributed by atoms with Gasteiger partial charge < -0.3 is 10.1 Å². The maximum atomic E-state index is 5.79. The molecule has 19 heavy (non-hydrogen) atoms. The summed E-state index contributed by atoms with van der Waals surface area (Å²) >= 11 is 5.79. The molecule has 1 heterocycles. The molecule has 0 bridgehead atoms. The van der Waals surface area contributed by atoms with Gasteiger partial charge in [-0.3, -0.25) is 0 Å². The minimum atomic E-state index is 0.0393. The number of hydrogen-bond acceptors (Lipinski definition) is 5. The summed E-state index contributed by atoms with van der Waals surface area (Å²) in [5.74, 6) is 1.27. The number of methoxy groups -OCH3 is 1. The topological polar surface area (TPSA) is 59.9 Å². The van der Waals surface area contributed by atoms with Gasteiger partial charge in [-0.15, -0.1) is 10.2 Å². The van der Waals surface area contributed by atoms with Crippen LogP contribution in [-0.2, 0) is 0 Å². The average Bonchev–Trinajstić information content (AvgIpc) is 2.43. The third-order valence-electron chi connectivity index (χ3n) is 2.74. The maximum Gasteiger partial charge on any atom is 0.243 e. The average molecular weight is 279 g/mol. The largest absolute Gasteiger partial charge is 0.497 e. The van der Waals surface area contributed by atoms with Crippen LogP contribution in [0.1, 0.15) is 24.2 Å². The van der Waals surface area contributed by atoms with E-state index < -0.39 is 0 Å². The first-order valence-corrected chi connectivity index (χ1v) is 6.25. The van der Waals surface area contributed by atoms with Crippen molar-refractivity contribution in [2.45, 2.75) is 19.9 Å². The van der Waals surface area contributed by atoms with Gasteiger partial charge in [0.15, 0.2) is 5.15 Å². The Hall–Kier alpha value is -1.88. The Morgan fingerprint density at radius 2 is 2.11 bits per heavy atom. The van der Waals surface area contributed by atoms with Gasteiger partial charge in [-0.2, -0.15) is 0 Å². The number of benzene rings is 1. The molecule has 100 valence electrons. The molecule has 0 amide bonds. The van der Waals surface area contributed by atoms with E-state index >= 15 is 0 Å². The Morgan fingerprint density at radius 3 is 2.79 bits per heavy atom. The van der Waals surface area contributed by atoms with Crippen LogP contribution in [0.3, 0.4) is 0 Å². The molecule has 0 saturated carbocycles. The fourth-order valence-electron chi connectivity index (χ4n) is 1.64. The number of nitrogens with zero attached hydrogens (tertiary/aromatic N) is 3. The van der Waals surface area contributed by atoms with E-state index in [1.807, 2.05) is 31.2 Å². The van der Waals surface area contributed by atoms with Gasteiger partial charge in [0.05, 0.1) is 18.8 Å². The lowest BCUT2D eigenvalue weighted by Gasteiger charge is -2.14. The smallest absolute Gasteiger partial charge is 0.243 e. The van der Waals surface area contributed by atoms with Gasteiger partial charge >= 0.3 is 0 Å².